The second kappa shape index (κ2) is 7.26. The number of hydrogen-bond donors (Lipinski definition) is 1. The lowest BCUT2D eigenvalue weighted by molar-refractivity contribution is 0.0938. The molecular weight excluding hydrogens is 300 g/mol. The lowest BCUT2D eigenvalue weighted by Gasteiger charge is -2.10. The second-order valence-electron chi connectivity index (χ2n) is 5.20. The van der Waals surface area contributed by atoms with Crippen LogP contribution < -0.4 is 14.8 Å². The summed E-state index contributed by atoms with van der Waals surface area (Å²) in [6, 6.07) is 5.83. The first-order valence-corrected chi connectivity index (χ1v) is 7.90. The van der Waals surface area contributed by atoms with Gasteiger partial charge in [-0.25, -0.2) is 4.98 Å². The zero-order valence-electron chi connectivity index (χ0n) is 13.2. The van der Waals surface area contributed by atoms with E-state index >= 15 is 0 Å². The van der Waals surface area contributed by atoms with Crippen molar-refractivity contribution in [2.24, 2.45) is 0 Å². The Morgan fingerprint density at radius 3 is 2.82 bits per heavy atom. The number of thiazole rings is 1. The van der Waals surface area contributed by atoms with Crippen molar-refractivity contribution in [2.75, 3.05) is 7.11 Å². The second-order valence-corrected chi connectivity index (χ2v) is 6.14. The molecule has 0 fully saturated rings. The highest BCUT2D eigenvalue weighted by atomic mass is 32.1. The summed E-state index contributed by atoms with van der Waals surface area (Å²) in [6.45, 7) is 6.13. The molecule has 0 aliphatic heterocycles. The van der Waals surface area contributed by atoms with E-state index < -0.39 is 0 Å². The largest absolute Gasteiger partial charge is 0.493 e. The van der Waals surface area contributed by atoms with E-state index in [2.05, 4.69) is 10.3 Å². The molecule has 6 heteroatoms. The number of methoxy groups -OCH3 is 1. The molecule has 1 N–H and O–H groups in total. The van der Waals surface area contributed by atoms with Crippen LogP contribution in [-0.4, -0.2) is 24.0 Å². The topological polar surface area (TPSA) is 60.5 Å². The van der Waals surface area contributed by atoms with E-state index in [9.17, 15) is 4.79 Å². The van der Waals surface area contributed by atoms with E-state index in [4.69, 9.17) is 9.47 Å². The van der Waals surface area contributed by atoms with E-state index in [-0.39, 0.29) is 11.9 Å². The molecule has 2 aromatic rings. The Kier molecular flexibility index (Phi) is 5.38. The molecule has 0 aliphatic rings. The van der Waals surface area contributed by atoms with Gasteiger partial charge in [-0.15, -0.1) is 11.3 Å². The van der Waals surface area contributed by atoms with Gasteiger partial charge in [-0.1, -0.05) is 6.07 Å². The first-order valence-electron chi connectivity index (χ1n) is 7.02. The number of benzene rings is 1. The molecule has 0 radical (unpaired) electrons. The van der Waals surface area contributed by atoms with Crippen LogP contribution in [0.2, 0.25) is 0 Å². The number of aromatic nitrogens is 1. The van der Waals surface area contributed by atoms with Crippen LogP contribution in [0, 0.1) is 6.92 Å². The van der Waals surface area contributed by atoms with Gasteiger partial charge >= 0.3 is 0 Å². The maximum Gasteiger partial charge on any atom is 0.270 e. The predicted octanol–water partition coefficient (Wildman–Crippen LogP) is 3.18. The first kappa shape index (κ1) is 16.3. The maximum atomic E-state index is 11.9. The molecule has 0 aliphatic carbocycles. The molecule has 0 unspecified atom stereocenters. The van der Waals surface area contributed by atoms with Gasteiger partial charge in [0.05, 0.1) is 7.11 Å². The average molecular weight is 320 g/mol. The number of ether oxygens (including phenoxy) is 2. The molecule has 1 amide bonds. The lowest BCUT2D eigenvalue weighted by Crippen LogP contribution is -2.30. The summed E-state index contributed by atoms with van der Waals surface area (Å²) >= 11 is 1.40. The smallest absolute Gasteiger partial charge is 0.270 e. The summed E-state index contributed by atoms with van der Waals surface area (Å²) in [4.78, 5) is 16.1. The Hall–Kier alpha value is -2.08. The minimum absolute atomic E-state index is 0.0886. The predicted molar refractivity (Wildman–Crippen MR) is 86.8 cm³/mol. The quantitative estimate of drug-likeness (QED) is 0.888. The summed E-state index contributed by atoms with van der Waals surface area (Å²) < 4.78 is 11.0. The lowest BCUT2D eigenvalue weighted by atomic mass is 10.2. The normalized spacial score (nSPS) is 10.6. The van der Waals surface area contributed by atoms with Gasteiger partial charge in [0.1, 0.15) is 17.3 Å². The molecule has 0 bridgehead atoms. The van der Waals surface area contributed by atoms with Crippen LogP contribution in [-0.2, 0) is 6.61 Å². The molecule has 0 spiro atoms. The molecule has 5 nitrogen and oxygen atoms in total. The summed E-state index contributed by atoms with van der Waals surface area (Å²) in [5.74, 6) is 1.19. The third kappa shape index (κ3) is 4.21. The first-order chi connectivity index (χ1) is 10.5. The van der Waals surface area contributed by atoms with E-state index in [1.165, 1.54) is 11.3 Å². The molecule has 0 saturated carbocycles. The summed E-state index contributed by atoms with van der Waals surface area (Å²) in [6.07, 6.45) is 0. The number of nitrogens with one attached hydrogen (secondary N) is 1. The number of nitrogens with zero attached hydrogens (tertiary/aromatic N) is 1. The monoisotopic (exact) mass is 320 g/mol. The van der Waals surface area contributed by atoms with E-state index in [0.29, 0.717) is 23.8 Å². The Morgan fingerprint density at radius 2 is 2.14 bits per heavy atom. The highest BCUT2D eigenvalue weighted by Gasteiger charge is 2.12. The van der Waals surface area contributed by atoms with Gasteiger partial charge in [0.15, 0.2) is 11.5 Å². The number of rotatable bonds is 6. The van der Waals surface area contributed by atoms with Gasteiger partial charge in [0.25, 0.3) is 5.91 Å². The Bertz CT molecular complexity index is 653. The number of carbonyl (C=O) groups excluding carboxylic acids is 1. The summed E-state index contributed by atoms with van der Waals surface area (Å²) in [5, 5.41) is 5.30. The minimum atomic E-state index is -0.162. The van der Waals surface area contributed by atoms with Crippen molar-refractivity contribution in [3.63, 3.8) is 0 Å². The minimum Gasteiger partial charge on any atom is -0.493 e. The van der Waals surface area contributed by atoms with Gasteiger partial charge in [0.2, 0.25) is 0 Å². The molecule has 0 atom stereocenters. The van der Waals surface area contributed by atoms with Crippen molar-refractivity contribution in [1.82, 2.24) is 10.3 Å². The standard InChI is InChI=1S/C16H20N2O3S/c1-10(2)17-16(19)12-9-22-15(18-12)8-21-13-6-5-11(3)7-14(13)20-4/h5-7,9-10H,8H2,1-4H3,(H,17,19). The number of amides is 1. The Balaban J connectivity index is 2.01. The van der Waals surface area contributed by atoms with Crippen molar-refractivity contribution in [1.29, 1.82) is 0 Å². The van der Waals surface area contributed by atoms with Crippen LogP contribution in [0.15, 0.2) is 23.6 Å². The molecule has 1 aromatic heterocycles. The zero-order chi connectivity index (χ0) is 16.1. The molecule has 0 saturated heterocycles. The van der Waals surface area contributed by atoms with Crippen LogP contribution in [0.5, 0.6) is 11.5 Å². The Morgan fingerprint density at radius 1 is 1.36 bits per heavy atom. The summed E-state index contributed by atoms with van der Waals surface area (Å²) in [7, 11) is 1.61. The van der Waals surface area contributed by atoms with Crippen LogP contribution in [0.3, 0.4) is 0 Å². The van der Waals surface area contributed by atoms with Crippen molar-refractivity contribution in [2.45, 2.75) is 33.4 Å². The van der Waals surface area contributed by atoms with E-state index in [1.807, 2.05) is 39.0 Å². The molecule has 118 valence electrons. The van der Waals surface area contributed by atoms with E-state index in [0.717, 1.165) is 10.6 Å². The van der Waals surface area contributed by atoms with Crippen molar-refractivity contribution >= 4 is 17.2 Å². The molecule has 1 heterocycles. The third-order valence-electron chi connectivity index (χ3n) is 2.87. The van der Waals surface area contributed by atoms with Gasteiger partial charge in [-0.3, -0.25) is 4.79 Å². The fourth-order valence-electron chi connectivity index (χ4n) is 1.85. The molecule has 22 heavy (non-hydrogen) atoms. The van der Waals surface area contributed by atoms with Gasteiger partial charge < -0.3 is 14.8 Å². The highest BCUT2D eigenvalue weighted by molar-refractivity contribution is 7.09. The number of carbonyl (C=O) groups is 1. The van der Waals surface area contributed by atoms with Crippen LogP contribution >= 0.6 is 11.3 Å². The highest BCUT2D eigenvalue weighted by Crippen LogP contribution is 2.28. The number of hydrogen-bond acceptors (Lipinski definition) is 5. The van der Waals surface area contributed by atoms with Crippen molar-refractivity contribution < 1.29 is 14.3 Å². The van der Waals surface area contributed by atoms with Crippen LogP contribution in [0.1, 0.15) is 34.9 Å². The van der Waals surface area contributed by atoms with Gasteiger partial charge in [0, 0.05) is 11.4 Å². The van der Waals surface area contributed by atoms with Crippen molar-refractivity contribution in [3.8, 4) is 11.5 Å². The molecule has 1 aromatic carbocycles. The van der Waals surface area contributed by atoms with Crippen LogP contribution in [0.4, 0.5) is 0 Å². The SMILES string of the molecule is COc1cc(C)ccc1OCc1nc(C(=O)NC(C)C)cs1. The van der Waals surface area contributed by atoms with E-state index in [1.54, 1.807) is 12.5 Å². The van der Waals surface area contributed by atoms with Crippen molar-refractivity contribution in [3.05, 3.63) is 39.8 Å². The fourth-order valence-corrected chi connectivity index (χ4v) is 2.54. The Labute approximate surface area is 134 Å². The molecule has 2 rings (SSSR count). The van der Waals surface area contributed by atoms with Gasteiger partial charge in [-0.2, -0.15) is 0 Å². The number of aryl methyl sites for hydroxylation is 1. The summed E-state index contributed by atoms with van der Waals surface area (Å²) in [5.41, 5.74) is 1.53. The fraction of sp³-hybridized carbons (Fsp3) is 0.375. The zero-order valence-corrected chi connectivity index (χ0v) is 14.0. The van der Waals surface area contributed by atoms with Crippen LogP contribution in [0.25, 0.3) is 0 Å². The average Bonchev–Trinajstić information content (AvgIpc) is 2.94. The third-order valence-corrected chi connectivity index (χ3v) is 3.70. The molecular formula is C16H20N2O3S. The van der Waals surface area contributed by atoms with Gasteiger partial charge in [-0.05, 0) is 38.5 Å². The maximum absolute atomic E-state index is 11.9.